The van der Waals surface area contributed by atoms with Crippen LogP contribution in [0.4, 0.5) is 4.39 Å². The van der Waals surface area contributed by atoms with Gasteiger partial charge in [0.1, 0.15) is 4.88 Å². The number of alkyl halides is 1. The molecule has 4 nitrogen and oxygen atoms in total. The quantitative estimate of drug-likeness (QED) is 0.934. The molecule has 0 spiro atoms. The van der Waals surface area contributed by atoms with Crippen molar-refractivity contribution in [2.75, 3.05) is 13.1 Å². The van der Waals surface area contributed by atoms with E-state index in [1.165, 1.54) is 16.3 Å². The molecule has 1 aromatic heterocycles. The van der Waals surface area contributed by atoms with Gasteiger partial charge in [0.2, 0.25) is 0 Å². The fraction of sp³-hybridized carbons (Fsp3) is 0.294. The van der Waals surface area contributed by atoms with Crippen LogP contribution in [0, 0.1) is 0 Å². The van der Waals surface area contributed by atoms with Crippen LogP contribution in [-0.4, -0.2) is 35.0 Å². The summed E-state index contributed by atoms with van der Waals surface area (Å²) in [4.78, 5) is 25.0. The van der Waals surface area contributed by atoms with Gasteiger partial charge in [-0.1, -0.05) is 30.3 Å². The van der Waals surface area contributed by atoms with Gasteiger partial charge >= 0.3 is 5.97 Å². The zero-order chi connectivity index (χ0) is 16.4. The summed E-state index contributed by atoms with van der Waals surface area (Å²) >= 11 is 1.01. The van der Waals surface area contributed by atoms with E-state index in [0.717, 1.165) is 11.3 Å². The average molecular weight is 333 g/mol. The first-order valence-electron chi connectivity index (χ1n) is 7.35. The van der Waals surface area contributed by atoms with E-state index in [4.69, 9.17) is 5.11 Å². The first-order valence-corrected chi connectivity index (χ1v) is 8.23. The zero-order valence-electron chi connectivity index (χ0n) is 12.4. The van der Waals surface area contributed by atoms with Crippen LogP contribution < -0.4 is 0 Å². The Bertz CT molecular complexity index is 730. The number of likely N-dealkylation sites (tertiary alicyclic amines) is 1. The Labute approximate surface area is 137 Å². The van der Waals surface area contributed by atoms with Crippen molar-refractivity contribution in [1.82, 2.24) is 4.90 Å². The number of amides is 1. The number of hydrogen-bond donors (Lipinski definition) is 1. The summed E-state index contributed by atoms with van der Waals surface area (Å²) in [5, 5.41) is 10.5. The van der Waals surface area contributed by atoms with Crippen LogP contribution in [0.25, 0.3) is 0 Å². The molecule has 1 fully saturated rings. The van der Waals surface area contributed by atoms with Crippen molar-refractivity contribution in [2.45, 2.75) is 18.5 Å². The van der Waals surface area contributed by atoms with Gasteiger partial charge in [0.05, 0.1) is 12.1 Å². The van der Waals surface area contributed by atoms with Crippen LogP contribution in [0.1, 0.15) is 38.4 Å². The molecule has 1 aliphatic heterocycles. The molecule has 0 aliphatic carbocycles. The monoisotopic (exact) mass is 333 g/mol. The van der Waals surface area contributed by atoms with E-state index in [9.17, 15) is 9.59 Å². The van der Waals surface area contributed by atoms with Crippen molar-refractivity contribution >= 4 is 23.2 Å². The van der Waals surface area contributed by atoms with Gasteiger partial charge in [0.15, 0.2) is 5.67 Å². The third-order valence-electron chi connectivity index (χ3n) is 4.08. The van der Waals surface area contributed by atoms with Crippen molar-refractivity contribution in [3.05, 3.63) is 57.8 Å². The van der Waals surface area contributed by atoms with E-state index >= 15 is 4.39 Å². The third-order valence-corrected chi connectivity index (χ3v) is 5.00. The van der Waals surface area contributed by atoms with E-state index < -0.39 is 11.6 Å². The molecule has 1 saturated heterocycles. The van der Waals surface area contributed by atoms with Crippen LogP contribution in [0.15, 0.2) is 41.8 Å². The van der Waals surface area contributed by atoms with E-state index in [1.807, 2.05) is 6.07 Å². The number of carbonyl (C=O) groups excluding carboxylic acids is 1. The third kappa shape index (κ3) is 3.12. The lowest BCUT2D eigenvalue weighted by molar-refractivity contribution is 0.0325. The Morgan fingerprint density at radius 2 is 2.00 bits per heavy atom. The van der Waals surface area contributed by atoms with Crippen molar-refractivity contribution in [3.63, 3.8) is 0 Å². The van der Waals surface area contributed by atoms with Gasteiger partial charge in [-0.15, -0.1) is 11.3 Å². The molecular weight excluding hydrogens is 317 g/mol. The highest BCUT2D eigenvalue weighted by atomic mass is 32.1. The second kappa shape index (κ2) is 6.12. The number of carbonyl (C=O) groups is 2. The Morgan fingerprint density at radius 1 is 1.26 bits per heavy atom. The first kappa shape index (κ1) is 15.7. The molecular formula is C17H16FNO3S. The molecule has 1 unspecified atom stereocenters. The number of carboxylic acid groups (broad SMARTS) is 1. The number of aromatic carboxylic acids is 1. The average Bonchev–Trinajstić information content (AvgIpc) is 3.05. The molecule has 23 heavy (non-hydrogen) atoms. The molecule has 1 atom stereocenters. The van der Waals surface area contributed by atoms with Gasteiger partial charge in [-0.2, -0.15) is 0 Å². The standard InChI is InChI=1S/C17H16FNO3S/c18-17(13-5-2-1-3-6-13)7-4-8-19(11-17)15(20)12-9-14(16(21)22)23-10-12/h1-3,5-6,9-10H,4,7-8,11H2,(H,21,22). The van der Waals surface area contributed by atoms with E-state index in [1.54, 1.807) is 24.3 Å². The predicted molar refractivity (Wildman–Crippen MR) is 85.6 cm³/mol. The molecule has 1 aliphatic rings. The largest absolute Gasteiger partial charge is 0.477 e. The molecule has 0 radical (unpaired) electrons. The van der Waals surface area contributed by atoms with Crippen LogP contribution in [0.2, 0.25) is 0 Å². The van der Waals surface area contributed by atoms with Crippen molar-refractivity contribution < 1.29 is 19.1 Å². The lowest BCUT2D eigenvalue weighted by Gasteiger charge is -2.37. The second-order valence-electron chi connectivity index (χ2n) is 5.67. The van der Waals surface area contributed by atoms with Crippen LogP contribution in [0.3, 0.4) is 0 Å². The lowest BCUT2D eigenvalue weighted by atomic mass is 9.87. The number of hydrogen-bond acceptors (Lipinski definition) is 3. The number of benzene rings is 1. The lowest BCUT2D eigenvalue weighted by Crippen LogP contribution is -2.46. The fourth-order valence-corrected chi connectivity index (χ4v) is 3.62. The predicted octanol–water partition coefficient (Wildman–Crippen LogP) is 3.55. The zero-order valence-corrected chi connectivity index (χ0v) is 13.2. The Balaban J connectivity index is 1.80. The minimum atomic E-state index is -1.55. The number of rotatable bonds is 3. The molecule has 0 saturated carbocycles. The SMILES string of the molecule is O=C(O)c1cc(C(=O)N2CCCC(F)(c3ccccc3)C2)cs1. The van der Waals surface area contributed by atoms with Gasteiger partial charge in [-0.05, 0) is 24.5 Å². The van der Waals surface area contributed by atoms with Gasteiger partial charge in [0, 0.05) is 11.9 Å². The normalized spacial score (nSPS) is 21.2. The van der Waals surface area contributed by atoms with E-state index in [-0.39, 0.29) is 17.3 Å². The Kier molecular flexibility index (Phi) is 4.17. The van der Waals surface area contributed by atoms with Crippen LogP contribution in [-0.2, 0) is 5.67 Å². The maximum Gasteiger partial charge on any atom is 0.345 e. The molecule has 3 rings (SSSR count). The van der Waals surface area contributed by atoms with Gasteiger partial charge in [0.25, 0.3) is 5.91 Å². The first-order chi connectivity index (χ1) is 11.0. The summed E-state index contributed by atoms with van der Waals surface area (Å²) in [6.07, 6.45) is 0.956. The minimum Gasteiger partial charge on any atom is -0.477 e. The molecule has 6 heteroatoms. The smallest absolute Gasteiger partial charge is 0.345 e. The van der Waals surface area contributed by atoms with E-state index in [0.29, 0.717) is 30.5 Å². The molecule has 1 N–H and O–H groups in total. The number of carboxylic acids is 1. The topological polar surface area (TPSA) is 57.6 Å². The number of thiophene rings is 1. The summed E-state index contributed by atoms with van der Waals surface area (Å²) in [7, 11) is 0. The van der Waals surface area contributed by atoms with Crippen molar-refractivity contribution in [3.8, 4) is 0 Å². The second-order valence-corrected chi connectivity index (χ2v) is 6.58. The van der Waals surface area contributed by atoms with Crippen LogP contribution >= 0.6 is 11.3 Å². The highest BCUT2D eigenvalue weighted by molar-refractivity contribution is 7.12. The summed E-state index contributed by atoms with van der Waals surface area (Å²) < 4.78 is 15.3. The van der Waals surface area contributed by atoms with Crippen LogP contribution in [0.5, 0.6) is 0 Å². The number of halogens is 1. The van der Waals surface area contributed by atoms with Crippen molar-refractivity contribution in [2.24, 2.45) is 0 Å². The number of piperidine rings is 1. The number of nitrogens with zero attached hydrogens (tertiary/aromatic N) is 1. The Hall–Kier alpha value is -2.21. The summed E-state index contributed by atoms with van der Waals surface area (Å²) in [6, 6.07) is 10.2. The molecule has 120 valence electrons. The summed E-state index contributed by atoms with van der Waals surface area (Å²) in [5.74, 6) is -1.37. The van der Waals surface area contributed by atoms with E-state index in [2.05, 4.69) is 0 Å². The minimum absolute atomic E-state index is 0.00586. The molecule has 0 bridgehead atoms. The maximum atomic E-state index is 15.3. The fourth-order valence-electron chi connectivity index (χ4n) is 2.90. The summed E-state index contributed by atoms with van der Waals surface area (Å²) in [6.45, 7) is 0.476. The molecule has 2 aromatic rings. The maximum absolute atomic E-state index is 15.3. The van der Waals surface area contributed by atoms with Gasteiger partial charge in [-0.25, -0.2) is 9.18 Å². The summed E-state index contributed by atoms with van der Waals surface area (Å²) in [5.41, 5.74) is -0.667. The molecule has 1 aromatic carbocycles. The molecule has 2 heterocycles. The highest BCUT2D eigenvalue weighted by Gasteiger charge is 2.39. The van der Waals surface area contributed by atoms with Gasteiger partial charge < -0.3 is 10.0 Å². The highest BCUT2D eigenvalue weighted by Crippen LogP contribution is 2.36. The molecule has 1 amide bonds. The Morgan fingerprint density at radius 3 is 2.65 bits per heavy atom. The van der Waals surface area contributed by atoms with Crippen molar-refractivity contribution in [1.29, 1.82) is 0 Å². The van der Waals surface area contributed by atoms with Gasteiger partial charge in [-0.3, -0.25) is 4.79 Å².